The maximum atomic E-state index is 12.4. The summed E-state index contributed by atoms with van der Waals surface area (Å²) in [5, 5.41) is 9.45. The molecule has 2 rings (SSSR count). The van der Waals surface area contributed by atoms with Gasteiger partial charge in [0.25, 0.3) is 0 Å². The first-order chi connectivity index (χ1) is 9.42. The predicted molar refractivity (Wildman–Crippen MR) is 76.0 cm³/mol. The summed E-state index contributed by atoms with van der Waals surface area (Å²) in [6, 6.07) is 4.36. The van der Waals surface area contributed by atoms with Crippen molar-refractivity contribution < 1.29 is 18.3 Å². The van der Waals surface area contributed by atoms with Crippen LogP contribution in [0.5, 0.6) is 5.75 Å². The molecule has 1 aliphatic carbocycles. The molecule has 0 aliphatic heterocycles. The maximum absolute atomic E-state index is 12.4. The number of nitrogens with one attached hydrogen (secondary N) is 1. The molecule has 1 aliphatic rings. The number of sulfonamides is 1. The molecule has 0 heterocycles. The highest BCUT2D eigenvalue weighted by Gasteiger charge is 2.26. The third-order valence-corrected chi connectivity index (χ3v) is 5.04. The monoisotopic (exact) mass is 300 g/mol. The molecule has 4 N–H and O–H groups in total. The molecule has 112 valence electrons. The Hall–Kier alpha value is -1.31. The van der Waals surface area contributed by atoms with Crippen molar-refractivity contribution >= 4 is 15.7 Å². The number of aliphatic hydroxyl groups excluding tert-OH is 1. The molecule has 0 aromatic heterocycles. The number of aliphatic hydroxyl groups is 1. The van der Waals surface area contributed by atoms with Crippen molar-refractivity contribution in [2.45, 2.75) is 42.7 Å². The van der Waals surface area contributed by atoms with E-state index in [-0.39, 0.29) is 22.8 Å². The summed E-state index contributed by atoms with van der Waals surface area (Å²) < 4.78 is 32.5. The van der Waals surface area contributed by atoms with E-state index >= 15 is 0 Å². The van der Waals surface area contributed by atoms with Crippen molar-refractivity contribution in [3.05, 3.63) is 18.2 Å². The van der Waals surface area contributed by atoms with Gasteiger partial charge in [0.2, 0.25) is 10.0 Å². The fraction of sp³-hybridized carbons (Fsp3) is 0.538. The van der Waals surface area contributed by atoms with Gasteiger partial charge >= 0.3 is 0 Å². The van der Waals surface area contributed by atoms with Crippen LogP contribution in [0.25, 0.3) is 0 Å². The van der Waals surface area contributed by atoms with Crippen LogP contribution in [-0.4, -0.2) is 32.8 Å². The van der Waals surface area contributed by atoms with Crippen molar-refractivity contribution in [1.29, 1.82) is 0 Å². The lowest BCUT2D eigenvalue weighted by atomic mass is 9.94. The van der Waals surface area contributed by atoms with Crippen LogP contribution in [0.3, 0.4) is 0 Å². The van der Waals surface area contributed by atoms with Crippen LogP contribution in [0, 0.1) is 0 Å². The number of ether oxygens (including phenoxy) is 1. The van der Waals surface area contributed by atoms with Crippen LogP contribution in [0.4, 0.5) is 5.69 Å². The van der Waals surface area contributed by atoms with E-state index in [2.05, 4.69) is 4.72 Å². The fourth-order valence-corrected chi connectivity index (χ4v) is 3.89. The van der Waals surface area contributed by atoms with Crippen LogP contribution in [0.1, 0.15) is 25.7 Å². The highest BCUT2D eigenvalue weighted by Crippen LogP contribution is 2.27. The molecule has 1 aromatic rings. The number of anilines is 1. The van der Waals surface area contributed by atoms with Crippen LogP contribution < -0.4 is 15.2 Å². The first kappa shape index (κ1) is 15.1. The Bertz CT molecular complexity index is 566. The molecule has 1 saturated carbocycles. The van der Waals surface area contributed by atoms with E-state index in [1.165, 1.54) is 19.2 Å². The molecular formula is C13H20N2O4S. The minimum Gasteiger partial charge on any atom is -0.495 e. The predicted octanol–water partition coefficient (Wildman–Crippen LogP) is 0.859. The lowest BCUT2D eigenvalue weighted by molar-refractivity contribution is 0.120. The average molecular weight is 300 g/mol. The SMILES string of the molecule is COc1ccc(N)cc1S(=O)(=O)NC1CCC(O)CC1. The van der Waals surface area contributed by atoms with Crippen molar-refractivity contribution in [3.63, 3.8) is 0 Å². The van der Waals surface area contributed by atoms with Gasteiger partial charge in [-0.05, 0) is 43.9 Å². The van der Waals surface area contributed by atoms with Crippen LogP contribution in [-0.2, 0) is 10.0 Å². The van der Waals surface area contributed by atoms with E-state index in [0.29, 0.717) is 31.4 Å². The van der Waals surface area contributed by atoms with Gasteiger partial charge < -0.3 is 15.6 Å². The minimum absolute atomic E-state index is 0.0473. The Kier molecular flexibility index (Phi) is 4.52. The Morgan fingerprint density at radius 1 is 1.30 bits per heavy atom. The van der Waals surface area contributed by atoms with Gasteiger partial charge in [-0.3, -0.25) is 0 Å². The van der Waals surface area contributed by atoms with E-state index in [1.54, 1.807) is 6.07 Å². The quantitative estimate of drug-likeness (QED) is 0.716. The number of nitrogen functional groups attached to an aromatic ring is 1. The van der Waals surface area contributed by atoms with E-state index in [9.17, 15) is 13.5 Å². The van der Waals surface area contributed by atoms with E-state index in [0.717, 1.165) is 0 Å². The summed E-state index contributed by atoms with van der Waals surface area (Å²) in [7, 11) is -2.26. The number of hydrogen-bond donors (Lipinski definition) is 3. The van der Waals surface area contributed by atoms with Gasteiger partial charge in [0.1, 0.15) is 10.6 Å². The number of methoxy groups -OCH3 is 1. The van der Waals surface area contributed by atoms with Gasteiger partial charge in [-0.2, -0.15) is 0 Å². The summed E-state index contributed by atoms with van der Waals surface area (Å²) >= 11 is 0. The highest BCUT2D eigenvalue weighted by atomic mass is 32.2. The minimum atomic E-state index is -3.68. The third kappa shape index (κ3) is 3.41. The summed E-state index contributed by atoms with van der Waals surface area (Å²) in [5.74, 6) is 0.266. The van der Waals surface area contributed by atoms with Crippen molar-refractivity contribution in [2.24, 2.45) is 0 Å². The van der Waals surface area contributed by atoms with Gasteiger partial charge in [0, 0.05) is 11.7 Å². The average Bonchev–Trinajstić information content (AvgIpc) is 2.41. The summed E-state index contributed by atoms with van der Waals surface area (Å²) in [6.07, 6.45) is 2.16. The molecular weight excluding hydrogens is 280 g/mol. The number of rotatable bonds is 4. The topological polar surface area (TPSA) is 102 Å². The zero-order valence-corrected chi connectivity index (χ0v) is 12.2. The molecule has 0 atom stereocenters. The maximum Gasteiger partial charge on any atom is 0.244 e. The van der Waals surface area contributed by atoms with Crippen LogP contribution >= 0.6 is 0 Å². The lowest BCUT2D eigenvalue weighted by Gasteiger charge is -2.26. The van der Waals surface area contributed by atoms with Gasteiger partial charge in [-0.15, -0.1) is 0 Å². The van der Waals surface area contributed by atoms with E-state index in [1.807, 2.05) is 0 Å². The third-order valence-electron chi connectivity index (χ3n) is 3.50. The normalized spacial score (nSPS) is 23.5. The molecule has 0 amide bonds. The van der Waals surface area contributed by atoms with Gasteiger partial charge in [0.05, 0.1) is 13.2 Å². The van der Waals surface area contributed by atoms with Gasteiger partial charge in [-0.1, -0.05) is 0 Å². The standard InChI is InChI=1S/C13H20N2O4S/c1-19-12-7-2-9(14)8-13(12)20(17,18)15-10-3-5-11(16)6-4-10/h2,7-8,10-11,15-16H,3-6,14H2,1H3. The Morgan fingerprint density at radius 2 is 1.95 bits per heavy atom. The summed E-state index contributed by atoms with van der Waals surface area (Å²) in [4.78, 5) is 0.0473. The second-order valence-corrected chi connectivity index (χ2v) is 6.72. The molecule has 0 spiro atoms. The molecule has 1 fully saturated rings. The Morgan fingerprint density at radius 3 is 2.55 bits per heavy atom. The van der Waals surface area contributed by atoms with E-state index in [4.69, 9.17) is 10.5 Å². The molecule has 0 radical (unpaired) electrons. The Balaban J connectivity index is 2.20. The Labute approximate surface area is 119 Å². The molecule has 0 saturated heterocycles. The smallest absolute Gasteiger partial charge is 0.244 e. The molecule has 0 unspecified atom stereocenters. The van der Waals surface area contributed by atoms with Crippen molar-refractivity contribution in [3.8, 4) is 5.75 Å². The first-order valence-electron chi connectivity index (χ1n) is 6.56. The lowest BCUT2D eigenvalue weighted by Crippen LogP contribution is -2.38. The van der Waals surface area contributed by atoms with Crippen molar-refractivity contribution in [1.82, 2.24) is 4.72 Å². The largest absolute Gasteiger partial charge is 0.495 e. The first-order valence-corrected chi connectivity index (χ1v) is 8.04. The van der Waals surface area contributed by atoms with Gasteiger partial charge in [-0.25, -0.2) is 13.1 Å². The zero-order chi connectivity index (χ0) is 14.8. The second kappa shape index (κ2) is 5.99. The highest BCUT2D eigenvalue weighted by molar-refractivity contribution is 7.89. The molecule has 20 heavy (non-hydrogen) atoms. The summed E-state index contributed by atoms with van der Waals surface area (Å²) in [5.41, 5.74) is 6.02. The summed E-state index contributed by atoms with van der Waals surface area (Å²) in [6.45, 7) is 0. The molecule has 6 nitrogen and oxygen atoms in total. The van der Waals surface area contributed by atoms with Crippen LogP contribution in [0.2, 0.25) is 0 Å². The fourth-order valence-electron chi connectivity index (χ4n) is 2.38. The molecule has 1 aromatic carbocycles. The molecule has 7 heteroatoms. The zero-order valence-electron chi connectivity index (χ0n) is 11.4. The molecule has 0 bridgehead atoms. The second-order valence-electron chi connectivity index (χ2n) is 5.04. The van der Waals surface area contributed by atoms with E-state index < -0.39 is 10.0 Å². The van der Waals surface area contributed by atoms with Gasteiger partial charge in [0.15, 0.2) is 0 Å². The number of benzene rings is 1. The van der Waals surface area contributed by atoms with Crippen molar-refractivity contribution in [2.75, 3.05) is 12.8 Å². The number of hydrogen-bond acceptors (Lipinski definition) is 5. The van der Waals surface area contributed by atoms with Crippen LogP contribution in [0.15, 0.2) is 23.1 Å². The number of nitrogens with two attached hydrogens (primary N) is 1.